The summed E-state index contributed by atoms with van der Waals surface area (Å²) < 4.78 is 0. The minimum atomic E-state index is 0.120. The molecular formula is C15H22N2. The van der Waals surface area contributed by atoms with Crippen LogP contribution in [0.5, 0.6) is 0 Å². The standard InChI is InChI=1S/C15H22N2/c1-5-13(6-2)16-14-9-11-15(12-10-14)17(7-3)8-4/h1,9-13,16H,6-8H2,2-4H3. The van der Waals surface area contributed by atoms with Crippen molar-refractivity contribution in [3.05, 3.63) is 24.3 Å². The predicted molar refractivity (Wildman–Crippen MR) is 76.5 cm³/mol. The van der Waals surface area contributed by atoms with Gasteiger partial charge in [0, 0.05) is 24.5 Å². The quantitative estimate of drug-likeness (QED) is 0.754. The average Bonchev–Trinajstić information content (AvgIpc) is 2.39. The lowest BCUT2D eigenvalue weighted by molar-refractivity contribution is 0.855. The molecule has 1 aromatic carbocycles. The first-order valence-electron chi connectivity index (χ1n) is 6.32. The molecule has 0 amide bonds. The molecule has 0 fully saturated rings. The maximum absolute atomic E-state index is 5.43. The monoisotopic (exact) mass is 230 g/mol. The number of rotatable bonds is 6. The summed E-state index contributed by atoms with van der Waals surface area (Å²) in [5.74, 6) is 2.74. The Kier molecular flexibility index (Phi) is 5.42. The van der Waals surface area contributed by atoms with Gasteiger partial charge in [-0.15, -0.1) is 6.42 Å². The Morgan fingerprint density at radius 2 is 1.76 bits per heavy atom. The predicted octanol–water partition coefficient (Wildman–Crippen LogP) is 3.36. The minimum absolute atomic E-state index is 0.120. The van der Waals surface area contributed by atoms with Gasteiger partial charge in [0.15, 0.2) is 0 Å². The van der Waals surface area contributed by atoms with Crippen molar-refractivity contribution in [3.8, 4) is 12.3 Å². The van der Waals surface area contributed by atoms with Gasteiger partial charge in [0.2, 0.25) is 0 Å². The summed E-state index contributed by atoms with van der Waals surface area (Å²) in [6.07, 6.45) is 6.37. The Balaban J connectivity index is 2.71. The van der Waals surface area contributed by atoms with Crippen LogP contribution in [0.4, 0.5) is 11.4 Å². The van der Waals surface area contributed by atoms with E-state index in [1.807, 2.05) is 0 Å². The van der Waals surface area contributed by atoms with E-state index in [2.05, 4.69) is 61.2 Å². The first kappa shape index (κ1) is 13.4. The normalized spacial score (nSPS) is 11.6. The van der Waals surface area contributed by atoms with Gasteiger partial charge in [-0.2, -0.15) is 0 Å². The zero-order valence-electron chi connectivity index (χ0n) is 11.0. The van der Waals surface area contributed by atoms with E-state index in [0.29, 0.717) is 0 Å². The lowest BCUT2D eigenvalue weighted by Gasteiger charge is -2.21. The van der Waals surface area contributed by atoms with Crippen LogP contribution < -0.4 is 10.2 Å². The molecule has 2 heteroatoms. The van der Waals surface area contributed by atoms with E-state index in [0.717, 1.165) is 25.2 Å². The molecule has 1 atom stereocenters. The lowest BCUT2D eigenvalue weighted by atomic mass is 10.2. The van der Waals surface area contributed by atoms with Gasteiger partial charge in [-0.25, -0.2) is 0 Å². The Hall–Kier alpha value is -1.62. The summed E-state index contributed by atoms with van der Waals surface area (Å²) in [6.45, 7) is 8.49. The van der Waals surface area contributed by atoms with Gasteiger partial charge in [-0.1, -0.05) is 12.8 Å². The molecule has 0 saturated heterocycles. The van der Waals surface area contributed by atoms with Crippen molar-refractivity contribution in [2.24, 2.45) is 0 Å². The highest BCUT2D eigenvalue weighted by atomic mass is 15.1. The first-order valence-corrected chi connectivity index (χ1v) is 6.32. The third-order valence-electron chi connectivity index (χ3n) is 2.95. The molecule has 0 radical (unpaired) electrons. The molecule has 17 heavy (non-hydrogen) atoms. The van der Waals surface area contributed by atoms with E-state index in [4.69, 9.17) is 6.42 Å². The van der Waals surface area contributed by atoms with Gasteiger partial charge >= 0.3 is 0 Å². The number of terminal acetylenes is 1. The number of hydrogen-bond donors (Lipinski definition) is 1. The molecule has 1 aromatic rings. The first-order chi connectivity index (χ1) is 8.24. The molecule has 92 valence electrons. The molecule has 0 bridgehead atoms. The van der Waals surface area contributed by atoms with Gasteiger partial charge in [0.05, 0.1) is 6.04 Å². The SMILES string of the molecule is C#CC(CC)Nc1ccc(N(CC)CC)cc1. The minimum Gasteiger partial charge on any atom is -0.372 e. The molecule has 0 saturated carbocycles. The Morgan fingerprint density at radius 3 is 2.18 bits per heavy atom. The van der Waals surface area contributed by atoms with Crippen LogP contribution in [-0.4, -0.2) is 19.1 Å². The fraction of sp³-hybridized carbons (Fsp3) is 0.467. The molecule has 0 aliphatic carbocycles. The smallest absolute Gasteiger partial charge is 0.0871 e. The molecule has 1 unspecified atom stereocenters. The maximum atomic E-state index is 5.43. The van der Waals surface area contributed by atoms with Crippen LogP contribution in [-0.2, 0) is 0 Å². The fourth-order valence-corrected chi connectivity index (χ4v) is 1.82. The molecule has 2 nitrogen and oxygen atoms in total. The summed E-state index contributed by atoms with van der Waals surface area (Å²) in [5.41, 5.74) is 2.35. The molecule has 0 aliphatic heterocycles. The zero-order chi connectivity index (χ0) is 12.7. The highest BCUT2D eigenvalue weighted by Crippen LogP contribution is 2.18. The van der Waals surface area contributed by atoms with Crippen molar-refractivity contribution in [2.75, 3.05) is 23.3 Å². The molecule has 0 heterocycles. The van der Waals surface area contributed by atoms with Crippen LogP contribution >= 0.6 is 0 Å². The molecule has 0 aliphatic rings. The highest BCUT2D eigenvalue weighted by Gasteiger charge is 2.03. The second kappa shape index (κ2) is 6.85. The Morgan fingerprint density at radius 1 is 1.18 bits per heavy atom. The van der Waals surface area contributed by atoms with Gasteiger partial charge in [-0.05, 0) is 44.5 Å². The summed E-state index contributed by atoms with van der Waals surface area (Å²) in [4.78, 5) is 2.32. The van der Waals surface area contributed by atoms with Crippen molar-refractivity contribution in [1.82, 2.24) is 0 Å². The van der Waals surface area contributed by atoms with Crippen molar-refractivity contribution in [3.63, 3.8) is 0 Å². The van der Waals surface area contributed by atoms with Crippen LogP contribution in [0, 0.1) is 12.3 Å². The largest absolute Gasteiger partial charge is 0.372 e. The Labute approximate surface area is 105 Å². The van der Waals surface area contributed by atoms with E-state index in [1.54, 1.807) is 0 Å². The molecule has 0 aromatic heterocycles. The highest BCUT2D eigenvalue weighted by molar-refractivity contribution is 5.55. The van der Waals surface area contributed by atoms with Gasteiger partial charge in [-0.3, -0.25) is 0 Å². The van der Waals surface area contributed by atoms with E-state index in [1.165, 1.54) is 5.69 Å². The van der Waals surface area contributed by atoms with Gasteiger partial charge in [0.25, 0.3) is 0 Å². The third-order valence-corrected chi connectivity index (χ3v) is 2.95. The maximum Gasteiger partial charge on any atom is 0.0871 e. The van der Waals surface area contributed by atoms with Crippen LogP contribution in [0.1, 0.15) is 27.2 Å². The van der Waals surface area contributed by atoms with Crippen LogP contribution in [0.2, 0.25) is 0 Å². The van der Waals surface area contributed by atoms with Crippen LogP contribution in [0.15, 0.2) is 24.3 Å². The molecule has 1 rings (SSSR count). The van der Waals surface area contributed by atoms with E-state index in [9.17, 15) is 0 Å². The number of benzene rings is 1. The lowest BCUT2D eigenvalue weighted by Crippen LogP contribution is -2.21. The Bertz CT molecular complexity index is 358. The fourth-order valence-electron chi connectivity index (χ4n) is 1.82. The number of hydrogen-bond acceptors (Lipinski definition) is 2. The molecular weight excluding hydrogens is 208 g/mol. The second-order valence-corrected chi connectivity index (χ2v) is 3.99. The van der Waals surface area contributed by atoms with Crippen molar-refractivity contribution in [1.29, 1.82) is 0 Å². The topological polar surface area (TPSA) is 15.3 Å². The van der Waals surface area contributed by atoms with Crippen molar-refractivity contribution in [2.45, 2.75) is 33.2 Å². The van der Waals surface area contributed by atoms with E-state index in [-0.39, 0.29) is 6.04 Å². The van der Waals surface area contributed by atoms with Gasteiger partial charge < -0.3 is 10.2 Å². The van der Waals surface area contributed by atoms with Crippen molar-refractivity contribution >= 4 is 11.4 Å². The number of nitrogens with one attached hydrogen (secondary N) is 1. The zero-order valence-corrected chi connectivity index (χ0v) is 11.0. The molecule has 1 N–H and O–H groups in total. The van der Waals surface area contributed by atoms with E-state index >= 15 is 0 Å². The van der Waals surface area contributed by atoms with Crippen LogP contribution in [0.3, 0.4) is 0 Å². The summed E-state index contributed by atoms with van der Waals surface area (Å²) in [7, 11) is 0. The third kappa shape index (κ3) is 3.71. The summed E-state index contributed by atoms with van der Waals surface area (Å²) >= 11 is 0. The number of anilines is 2. The summed E-state index contributed by atoms with van der Waals surface area (Å²) in [6, 6.07) is 8.58. The van der Waals surface area contributed by atoms with Gasteiger partial charge in [0.1, 0.15) is 0 Å². The van der Waals surface area contributed by atoms with Crippen molar-refractivity contribution < 1.29 is 0 Å². The number of nitrogens with zero attached hydrogens (tertiary/aromatic N) is 1. The van der Waals surface area contributed by atoms with Crippen LogP contribution in [0.25, 0.3) is 0 Å². The second-order valence-electron chi connectivity index (χ2n) is 3.99. The molecule has 0 spiro atoms. The average molecular weight is 230 g/mol. The summed E-state index contributed by atoms with van der Waals surface area (Å²) in [5, 5.41) is 3.33. The van der Waals surface area contributed by atoms with E-state index < -0.39 is 0 Å².